The number of benzene rings is 1. The maximum absolute atomic E-state index is 12.5. The summed E-state index contributed by atoms with van der Waals surface area (Å²) < 4.78 is 46.7. The predicted octanol–water partition coefficient (Wildman–Crippen LogP) is 3.49. The normalized spacial score (nSPS) is 16.4. The number of amides is 1. The predicted molar refractivity (Wildman–Crippen MR) is 99.0 cm³/mol. The molecule has 1 amide bonds. The Labute approximate surface area is 161 Å². The van der Waals surface area contributed by atoms with Gasteiger partial charge in [-0.15, -0.1) is 0 Å². The van der Waals surface area contributed by atoms with Crippen LogP contribution in [-0.2, 0) is 16.1 Å². The molecule has 27 heavy (non-hydrogen) atoms. The highest BCUT2D eigenvalue weighted by Crippen LogP contribution is 2.24. The summed E-state index contributed by atoms with van der Waals surface area (Å²) in [6.45, 7) is 2.85. The number of thiocarbonyl (C=S) groups is 1. The highest BCUT2D eigenvalue weighted by Gasteiger charge is 2.31. The van der Waals surface area contributed by atoms with Crippen molar-refractivity contribution in [1.29, 1.82) is 0 Å². The van der Waals surface area contributed by atoms with Crippen molar-refractivity contribution in [2.24, 2.45) is 5.92 Å². The minimum Gasteiger partial charge on any atom is -0.496 e. The molecule has 1 aliphatic heterocycles. The summed E-state index contributed by atoms with van der Waals surface area (Å²) in [4.78, 5) is 14.0. The van der Waals surface area contributed by atoms with Gasteiger partial charge in [0.05, 0.1) is 13.7 Å². The Kier molecular flexibility index (Phi) is 6.83. The van der Waals surface area contributed by atoms with Gasteiger partial charge in [-0.1, -0.05) is 19.9 Å². The first-order valence-corrected chi connectivity index (χ1v) is 8.67. The maximum Gasteiger partial charge on any atom is 0.411 e. The Hall–Kier alpha value is -2.13. The van der Waals surface area contributed by atoms with E-state index in [9.17, 15) is 18.0 Å². The number of hydrogen-bond donors (Lipinski definition) is 1. The Morgan fingerprint density at radius 1 is 1.33 bits per heavy atom. The molecule has 1 aromatic carbocycles. The van der Waals surface area contributed by atoms with E-state index in [1.54, 1.807) is 24.3 Å². The molecule has 2 rings (SSSR count). The summed E-state index contributed by atoms with van der Waals surface area (Å²) in [5.74, 6) is 0.424. The monoisotopic (exact) mass is 402 g/mol. The summed E-state index contributed by atoms with van der Waals surface area (Å²) in [7, 11) is 1.42. The fraction of sp³-hybridized carbons (Fsp3) is 0.444. The molecule has 1 aromatic rings. The molecule has 0 aromatic heterocycles. The first-order valence-electron chi connectivity index (χ1n) is 8.26. The van der Waals surface area contributed by atoms with Crippen LogP contribution in [-0.4, -0.2) is 42.4 Å². The summed E-state index contributed by atoms with van der Waals surface area (Å²) in [6.07, 6.45) is -2.80. The number of carbonyl (C=O) groups excluding carboxylic acids is 1. The zero-order valence-corrected chi connectivity index (χ0v) is 16.0. The average Bonchev–Trinajstić information content (AvgIpc) is 2.81. The number of nitrogens with zero attached hydrogens (tertiary/aromatic N) is 1. The van der Waals surface area contributed by atoms with E-state index >= 15 is 0 Å². The quantitative estimate of drug-likeness (QED) is 0.559. The van der Waals surface area contributed by atoms with Gasteiger partial charge in [0.1, 0.15) is 18.1 Å². The van der Waals surface area contributed by atoms with Gasteiger partial charge in [0.2, 0.25) is 0 Å². The highest BCUT2D eigenvalue weighted by atomic mass is 32.1. The zero-order chi connectivity index (χ0) is 20.2. The summed E-state index contributed by atoms with van der Waals surface area (Å²) >= 11 is 5.19. The number of halogens is 3. The van der Waals surface area contributed by atoms with E-state index in [2.05, 4.69) is 5.32 Å². The highest BCUT2D eigenvalue weighted by molar-refractivity contribution is 7.80. The molecule has 1 heterocycles. The van der Waals surface area contributed by atoms with Gasteiger partial charge in [-0.2, -0.15) is 13.2 Å². The molecule has 1 fully saturated rings. The summed E-state index contributed by atoms with van der Waals surface area (Å²) in [6, 6.07) is 4.93. The molecule has 0 bridgehead atoms. The lowest BCUT2D eigenvalue weighted by Gasteiger charge is -2.16. The number of nitrogens with one attached hydrogen (secondary N) is 1. The number of hydrogen-bond acceptors (Lipinski definition) is 4. The van der Waals surface area contributed by atoms with Gasteiger partial charge in [0.15, 0.2) is 5.11 Å². The van der Waals surface area contributed by atoms with E-state index in [1.165, 1.54) is 12.0 Å². The maximum atomic E-state index is 12.5. The van der Waals surface area contributed by atoms with Crippen LogP contribution in [0.4, 0.5) is 13.2 Å². The van der Waals surface area contributed by atoms with Gasteiger partial charge >= 0.3 is 6.18 Å². The van der Waals surface area contributed by atoms with Crippen molar-refractivity contribution in [2.45, 2.75) is 26.6 Å². The van der Waals surface area contributed by atoms with Gasteiger partial charge in [-0.05, 0) is 41.9 Å². The van der Waals surface area contributed by atoms with E-state index in [1.807, 2.05) is 13.8 Å². The van der Waals surface area contributed by atoms with Gasteiger partial charge in [-0.3, -0.25) is 9.69 Å². The smallest absolute Gasteiger partial charge is 0.411 e. The Morgan fingerprint density at radius 3 is 2.63 bits per heavy atom. The lowest BCUT2D eigenvalue weighted by atomic mass is 10.1. The standard InChI is InChI=1S/C18H21F3N2O3S/c1-11(2)8-23-16(24)14(22-17(23)27)7-12-4-5-15(25-3)13(6-12)9-26-10-18(19,20)21/h4-7,11H,8-10H2,1-3H3,(H,22,27)/b14-7+. The van der Waals surface area contributed by atoms with Crippen LogP contribution in [0.3, 0.4) is 0 Å². The fourth-order valence-electron chi connectivity index (χ4n) is 2.55. The van der Waals surface area contributed by atoms with Gasteiger partial charge in [0, 0.05) is 12.1 Å². The largest absolute Gasteiger partial charge is 0.496 e. The molecular formula is C18H21F3N2O3S. The zero-order valence-electron chi connectivity index (χ0n) is 15.2. The molecule has 0 unspecified atom stereocenters. The summed E-state index contributed by atoms with van der Waals surface area (Å²) in [5.41, 5.74) is 1.38. The molecule has 0 aliphatic carbocycles. The third-order valence-corrected chi connectivity index (χ3v) is 3.97. The first kappa shape index (κ1) is 21.2. The lowest BCUT2D eigenvalue weighted by molar-refractivity contribution is -0.176. The minimum atomic E-state index is -4.40. The molecule has 0 radical (unpaired) electrons. The summed E-state index contributed by atoms with van der Waals surface area (Å²) in [5, 5.41) is 3.21. The van der Waals surface area contributed by atoms with E-state index in [4.69, 9.17) is 21.7 Å². The second-order valence-corrected chi connectivity index (χ2v) is 6.86. The van der Waals surface area contributed by atoms with Gasteiger partial charge < -0.3 is 14.8 Å². The minimum absolute atomic E-state index is 0.237. The van der Waals surface area contributed by atoms with Gasteiger partial charge in [0.25, 0.3) is 5.91 Å². The first-order chi connectivity index (χ1) is 12.6. The Bertz CT molecular complexity index is 748. The number of ether oxygens (including phenoxy) is 2. The molecule has 1 aliphatic rings. The Morgan fingerprint density at radius 2 is 2.04 bits per heavy atom. The van der Waals surface area contributed by atoms with Crippen LogP contribution in [0, 0.1) is 5.92 Å². The molecular weight excluding hydrogens is 381 g/mol. The molecule has 148 valence electrons. The van der Waals surface area contributed by atoms with Crippen molar-refractivity contribution in [3.63, 3.8) is 0 Å². The number of alkyl halides is 3. The van der Waals surface area contributed by atoms with Crippen LogP contribution in [0.1, 0.15) is 25.0 Å². The topological polar surface area (TPSA) is 50.8 Å². The van der Waals surface area contributed by atoms with Crippen molar-refractivity contribution >= 4 is 29.3 Å². The number of methoxy groups -OCH3 is 1. The lowest BCUT2D eigenvalue weighted by Crippen LogP contribution is -2.33. The third kappa shape index (κ3) is 5.93. The average molecular weight is 402 g/mol. The molecule has 9 heteroatoms. The SMILES string of the molecule is COc1ccc(/C=C2/NC(=S)N(CC(C)C)C2=O)cc1COCC(F)(F)F. The molecule has 0 saturated carbocycles. The van der Waals surface area contributed by atoms with E-state index in [-0.39, 0.29) is 18.4 Å². The van der Waals surface area contributed by atoms with E-state index < -0.39 is 12.8 Å². The molecule has 1 saturated heterocycles. The van der Waals surface area contributed by atoms with Crippen molar-refractivity contribution in [3.05, 3.63) is 35.0 Å². The molecule has 0 spiro atoms. The van der Waals surface area contributed by atoms with Crippen LogP contribution in [0.25, 0.3) is 6.08 Å². The fourth-order valence-corrected chi connectivity index (χ4v) is 2.81. The number of carbonyl (C=O) groups is 1. The Balaban J connectivity index is 2.19. The van der Waals surface area contributed by atoms with Crippen LogP contribution < -0.4 is 10.1 Å². The molecule has 1 N–H and O–H groups in total. The van der Waals surface area contributed by atoms with Crippen LogP contribution >= 0.6 is 12.2 Å². The van der Waals surface area contributed by atoms with Crippen molar-refractivity contribution in [2.75, 3.05) is 20.3 Å². The van der Waals surface area contributed by atoms with Crippen molar-refractivity contribution in [1.82, 2.24) is 10.2 Å². The van der Waals surface area contributed by atoms with E-state index in [0.717, 1.165) is 0 Å². The molecule has 5 nitrogen and oxygen atoms in total. The van der Waals surface area contributed by atoms with E-state index in [0.29, 0.717) is 34.2 Å². The number of rotatable bonds is 7. The van der Waals surface area contributed by atoms with Crippen LogP contribution in [0.5, 0.6) is 5.75 Å². The third-order valence-electron chi connectivity index (χ3n) is 3.65. The molecule has 0 atom stereocenters. The van der Waals surface area contributed by atoms with Gasteiger partial charge in [-0.25, -0.2) is 0 Å². The van der Waals surface area contributed by atoms with Crippen LogP contribution in [0.2, 0.25) is 0 Å². The second-order valence-electron chi connectivity index (χ2n) is 6.48. The second kappa shape index (κ2) is 8.71. The van der Waals surface area contributed by atoms with Crippen molar-refractivity contribution < 1.29 is 27.4 Å². The van der Waals surface area contributed by atoms with Crippen LogP contribution in [0.15, 0.2) is 23.9 Å². The van der Waals surface area contributed by atoms with Crippen molar-refractivity contribution in [3.8, 4) is 5.75 Å².